The lowest BCUT2D eigenvalue weighted by Gasteiger charge is -1.89. The van der Waals surface area contributed by atoms with Crippen molar-refractivity contribution in [1.29, 1.82) is 0 Å². The minimum Gasteiger partial charge on any atom is -0.342 e. The molecule has 0 atom stereocenters. The molecule has 0 fully saturated rings. The van der Waals surface area contributed by atoms with Crippen LogP contribution in [0.25, 0.3) is 0 Å². The Morgan fingerprint density at radius 1 is 0.889 bits per heavy atom. The fraction of sp³-hybridized carbons (Fsp3) is 0. The normalized spacial score (nSPS) is 9.33. The molecule has 0 spiro atoms. The van der Waals surface area contributed by atoms with E-state index in [1.165, 1.54) is 18.7 Å². The van der Waals surface area contributed by atoms with E-state index in [1.807, 2.05) is 0 Å². The molecule has 0 aliphatic carbocycles. The average Bonchev–Trinajstić information content (AvgIpc) is 3.14. The van der Waals surface area contributed by atoms with E-state index in [9.17, 15) is 4.79 Å². The standard InChI is InChI=1S/C7H6N4O.C4H4N2/c12-5(6-8-1-2-9-6)7-10-3-4-11-7;1-2-5-4-6-3-1/h1-4H,(H,8,9)(H,10,11);1-4H. The summed E-state index contributed by atoms with van der Waals surface area (Å²) >= 11 is 0. The van der Waals surface area contributed by atoms with Crippen LogP contribution in [0.2, 0.25) is 0 Å². The first kappa shape index (κ1) is 11.6. The van der Waals surface area contributed by atoms with Gasteiger partial charge in [0, 0.05) is 37.2 Å². The molecular formula is C11H10N6O. The molecule has 0 saturated heterocycles. The van der Waals surface area contributed by atoms with E-state index in [4.69, 9.17) is 0 Å². The highest BCUT2D eigenvalue weighted by molar-refractivity contribution is 6.03. The first-order valence-corrected chi connectivity index (χ1v) is 5.11. The van der Waals surface area contributed by atoms with Gasteiger partial charge in [0.05, 0.1) is 0 Å². The molecule has 90 valence electrons. The zero-order chi connectivity index (χ0) is 12.6. The van der Waals surface area contributed by atoms with Crippen molar-refractivity contribution in [1.82, 2.24) is 29.9 Å². The van der Waals surface area contributed by atoms with Gasteiger partial charge in [0.2, 0.25) is 0 Å². The fourth-order valence-electron chi connectivity index (χ4n) is 1.14. The van der Waals surface area contributed by atoms with E-state index < -0.39 is 0 Å². The Bertz CT molecular complexity index is 498. The summed E-state index contributed by atoms with van der Waals surface area (Å²) in [6, 6.07) is 1.78. The van der Waals surface area contributed by atoms with E-state index in [-0.39, 0.29) is 5.78 Å². The molecule has 3 rings (SSSR count). The van der Waals surface area contributed by atoms with E-state index >= 15 is 0 Å². The summed E-state index contributed by atoms with van der Waals surface area (Å²) in [4.78, 5) is 31.8. The monoisotopic (exact) mass is 242 g/mol. The van der Waals surface area contributed by atoms with Crippen LogP contribution in [0, 0.1) is 0 Å². The molecule has 0 aromatic carbocycles. The number of rotatable bonds is 2. The zero-order valence-electron chi connectivity index (χ0n) is 9.32. The molecule has 0 bridgehead atoms. The summed E-state index contributed by atoms with van der Waals surface area (Å²) in [6.45, 7) is 0. The lowest BCUT2D eigenvalue weighted by atomic mass is 10.3. The van der Waals surface area contributed by atoms with Crippen LogP contribution in [0.15, 0.2) is 49.6 Å². The molecule has 2 N–H and O–H groups in total. The van der Waals surface area contributed by atoms with Crippen molar-refractivity contribution in [2.45, 2.75) is 0 Å². The van der Waals surface area contributed by atoms with Gasteiger partial charge in [-0.2, -0.15) is 0 Å². The van der Waals surface area contributed by atoms with Crippen LogP contribution in [-0.2, 0) is 0 Å². The van der Waals surface area contributed by atoms with Gasteiger partial charge in [-0.25, -0.2) is 19.9 Å². The third-order valence-electron chi connectivity index (χ3n) is 1.90. The maximum absolute atomic E-state index is 11.4. The van der Waals surface area contributed by atoms with Crippen molar-refractivity contribution in [3.05, 3.63) is 61.2 Å². The molecule has 0 saturated carbocycles. The fourth-order valence-corrected chi connectivity index (χ4v) is 1.14. The molecule has 0 aliphatic heterocycles. The van der Waals surface area contributed by atoms with Gasteiger partial charge < -0.3 is 9.97 Å². The lowest BCUT2D eigenvalue weighted by molar-refractivity contribution is 0.102. The van der Waals surface area contributed by atoms with Crippen molar-refractivity contribution in [3.63, 3.8) is 0 Å². The van der Waals surface area contributed by atoms with Gasteiger partial charge in [-0.1, -0.05) is 0 Å². The van der Waals surface area contributed by atoms with Crippen LogP contribution in [-0.4, -0.2) is 35.7 Å². The number of hydrogen-bond donors (Lipinski definition) is 2. The highest BCUT2D eigenvalue weighted by Crippen LogP contribution is 1.98. The van der Waals surface area contributed by atoms with Gasteiger partial charge in [0.15, 0.2) is 11.6 Å². The van der Waals surface area contributed by atoms with Crippen molar-refractivity contribution in [3.8, 4) is 0 Å². The second kappa shape index (κ2) is 6.04. The Morgan fingerprint density at radius 2 is 1.44 bits per heavy atom. The molecule has 18 heavy (non-hydrogen) atoms. The lowest BCUT2D eigenvalue weighted by Crippen LogP contribution is -2.05. The van der Waals surface area contributed by atoms with Crippen LogP contribution >= 0.6 is 0 Å². The van der Waals surface area contributed by atoms with E-state index in [0.717, 1.165) is 0 Å². The highest BCUT2D eigenvalue weighted by atomic mass is 16.1. The molecule has 0 amide bonds. The quantitative estimate of drug-likeness (QED) is 0.648. The Morgan fingerprint density at radius 3 is 1.72 bits per heavy atom. The molecule has 0 unspecified atom stereocenters. The van der Waals surface area contributed by atoms with Crippen LogP contribution in [0.5, 0.6) is 0 Å². The van der Waals surface area contributed by atoms with E-state index in [2.05, 4.69) is 29.9 Å². The number of nitrogens with one attached hydrogen (secondary N) is 2. The second-order valence-electron chi connectivity index (χ2n) is 3.11. The minimum atomic E-state index is -0.231. The molecule has 0 aliphatic rings. The summed E-state index contributed by atoms with van der Waals surface area (Å²) in [7, 11) is 0. The summed E-state index contributed by atoms with van der Waals surface area (Å²) in [5.41, 5.74) is 0. The molecular weight excluding hydrogens is 232 g/mol. The highest BCUT2D eigenvalue weighted by Gasteiger charge is 2.12. The number of aromatic nitrogens is 6. The van der Waals surface area contributed by atoms with Gasteiger partial charge in [-0.15, -0.1) is 0 Å². The number of H-pyrrole nitrogens is 2. The van der Waals surface area contributed by atoms with Gasteiger partial charge in [0.25, 0.3) is 5.78 Å². The number of imidazole rings is 2. The molecule has 3 aromatic rings. The van der Waals surface area contributed by atoms with Crippen molar-refractivity contribution in [2.24, 2.45) is 0 Å². The summed E-state index contributed by atoms with van der Waals surface area (Å²) in [5.74, 6) is 0.361. The van der Waals surface area contributed by atoms with Crippen LogP contribution < -0.4 is 0 Å². The first-order chi connectivity index (χ1) is 8.88. The third kappa shape index (κ3) is 3.08. The van der Waals surface area contributed by atoms with Crippen LogP contribution in [0.1, 0.15) is 16.4 Å². The number of hydrogen-bond acceptors (Lipinski definition) is 5. The Labute approximate surface area is 102 Å². The maximum atomic E-state index is 11.4. The van der Waals surface area contributed by atoms with Crippen molar-refractivity contribution in [2.75, 3.05) is 0 Å². The molecule has 7 heteroatoms. The smallest absolute Gasteiger partial charge is 0.263 e. The predicted octanol–water partition coefficient (Wildman–Crippen LogP) is 0.840. The molecule has 3 aromatic heterocycles. The van der Waals surface area contributed by atoms with Crippen molar-refractivity contribution < 1.29 is 4.79 Å². The summed E-state index contributed by atoms with van der Waals surface area (Å²) in [6.07, 6.45) is 11.1. The van der Waals surface area contributed by atoms with Gasteiger partial charge >= 0.3 is 0 Å². The molecule has 0 radical (unpaired) electrons. The van der Waals surface area contributed by atoms with Crippen molar-refractivity contribution >= 4 is 5.78 Å². The minimum absolute atomic E-state index is 0.231. The van der Waals surface area contributed by atoms with Gasteiger partial charge in [0.1, 0.15) is 6.33 Å². The second-order valence-corrected chi connectivity index (χ2v) is 3.11. The SMILES string of the molecule is O=C(c1ncc[nH]1)c1ncc[nH]1.c1cncnc1. The molecule has 7 nitrogen and oxygen atoms in total. The first-order valence-electron chi connectivity index (χ1n) is 5.11. The predicted molar refractivity (Wildman–Crippen MR) is 62.6 cm³/mol. The summed E-state index contributed by atoms with van der Waals surface area (Å²) in [5, 5.41) is 0. The Hall–Kier alpha value is -2.83. The zero-order valence-corrected chi connectivity index (χ0v) is 9.32. The Balaban J connectivity index is 0.000000169. The Kier molecular flexibility index (Phi) is 3.91. The third-order valence-corrected chi connectivity index (χ3v) is 1.90. The average molecular weight is 242 g/mol. The largest absolute Gasteiger partial charge is 0.342 e. The van der Waals surface area contributed by atoms with Crippen LogP contribution in [0.3, 0.4) is 0 Å². The van der Waals surface area contributed by atoms with Gasteiger partial charge in [-0.3, -0.25) is 4.79 Å². The number of carbonyl (C=O) groups excluding carboxylic acids is 1. The topological polar surface area (TPSA) is 100 Å². The summed E-state index contributed by atoms with van der Waals surface area (Å²) < 4.78 is 0. The number of nitrogens with zero attached hydrogens (tertiary/aromatic N) is 4. The van der Waals surface area contributed by atoms with E-state index in [0.29, 0.717) is 11.6 Å². The number of carbonyl (C=O) groups is 1. The number of ketones is 1. The van der Waals surface area contributed by atoms with Crippen LogP contribution in [0.4, 0.5) is 0 Å². The van der Waals surface area contributed by atoms with E-state index in [1.54, 1.807) is 30.9 Å². The number of aromatic amines is 2. The maximum Gasteiger partial charge on any atom is 0.263 e. The molecule has 3 heterocycles. The van der Waals surface area contributed by atoms with Gasteiger partial charge in [-0.05, 0) is 6.07 Å².